The van der Waals surface area contributed by atoms with E-state index in [9.17, 15) is 0 Å². The SMILES string of the molecule is c1ccc(-n2ccc3cc4c(cc32)c2ccccc2n4-c2ccc(-c3nc4ccccc4n3-c3ccccc3)cc2)cc1. The van der Waals surface area contributed by atoms with E-state index in [1.807, 2.05) is 12.1 Å². The molecule has 4 nitrogen and oxygen atoms in total. The van der Waals surface area contributed by atoms with Gasteiger partial charge in [-0.1, -0.05) is 66.7 Å². The number of fused-ring (bicyclic) bond motifs is 5. The van der Waals surface area contributed by atoms with Crippen LogP contribution in [0.3, 0.4) is 0 Å². The molecule has 0 amide bonds. The summed E-state index contributed by atoms with van der Waals surface area (Å²) in [7, 11) is 0. The van der Waals surface area contributed by atoms with Crippen molar-refractivity contribution in [3.05, 3.63) is 158 Å². The van der Waals surface area contributed by atoms with Crippen molar-refractivity contribution < 1.29 is 0 Å². The summed E-state index contributed by atoms with van der Waals surface area (Å²) in [4.78, 5) is 5.07. The minimum atomic E-state index is 0.935. The van der Waals surface area contributed by atoms with E-state index in [0.717, 1.165) is 39.5 Å². The molecule has 0 saturated heterocycles. The van der Waals surface area contributed by atoms with Crippen molar-refractivity contribution in [3.63, 3.8) is 0 Å². The van der Waals surface area contributed by atoms with Crippen molar-refractivity contribution in [3.8, 4) is 28.5 Å². The van der Waals surface area contributed by atoms with Crippen molar-refractivity contribution in [2.45, 2.75) is 0 Å². The van der Waals surface area contributed by atoms with Gasteiger partial charge in [0, 0.05) is 45.0 Å². The average Bonchev–Trinajstić information content (AvgIpc) is 3.76. The second-order valence-electron chi connectivity index (χ2n) is 10.9. The third kappa shape index (κ3) is 3.67. The largest absolute Gasteiger partial charge is 0.317 e. The molecule has 0 bridgehead atoms. The van der Waals surface area contributed by atoms with Crippen molar-refractivity contribution in [2.24, 2.45) is 0 Å². The minimum absolute atomic E-state index is 0.935. The first-order chi connectivity index (χ1) is 21.3. The van der Waals surface area contributed by atoms with Gasteiger partial charge in [0.2, 0.25) is 0 Å². The number of hydrogen-bond donors (Lipinski definition) is 0. The van der Waals surface area contributed by atoms with Gasteiger partial charge in [0.25, 0.3) is 0 Å². The summed E-state index contributed by atoms with van der Waals surface area (Å²) in [5.74, 6) is 0.935. The molecule has 202 valence electrons. The number of hydrogen-bond acceptors (Lipinski definition) is 1. The maximum Gasteiger partial charge on any atom is 0.145 e. The van der Waals surface area contributed by atoms with Crippen LogP contribution in [0.5, 0.6) is 0 Å². The van der Waals surface area contributed by atoms with Crippen molar-refractivity contribution in [1.29, 1.82) is 0 Å². The number of aromatic nitrogens is 4. The van der Waals surface area contributed by atoms with Crippen LogP contribution in [-0.2, 0) is 0 Å². The zero-order valence-corrected chi connectivity index (χ0v) is 23.3. The number of benzene rings is 6. The van der Waals surface area contributed by atoms with Crippen LogP contribution in [0.15, 0.2) is 158 Å². The molecule has 0 radical (unpaired) electrons. The standard InChI is InChI=1S/C39H26N4/c1-3-11-29(12-4-1)41-24-23-28-25-38-33(26-37(28)41)32-15-7-9-17-35(32)42(38)31-21-19-27(20-22-31)39-40-34-16-8-10-18-36(34)43(39)30-13-5-2-6-14-30/h1-26H. The molecule has 0 atom stereocenters. The van der Waals surface area contributed by atoms with Crippen molar-refractivity contribution in [2.75, 3.05) is 0 Å². The first-order valence-corrected chi connectivity index (χ1v) is 14.6. The molecule has 0 saturated carbocycles. The monoisotopic (exact) mass is 550 g/mol. The predicted molar refractivity (Wildman–Crippen MR) is 178 cm³/mol. The molecule has 0 aliphatic heterocycles. The molecule has 0 unspecified atom stereocenters. The second kappa shape index (κ2) is 9.33. The van der Waals surface area contributed by atoms with E-state index in [0.29, 0.717) is 0 Å². The Morgan fingerprint density at radius 1 is 0.419 bits per heavy atom. The summed E-state index contributed by atoms with van der Waals surface area (Å²) in [6.45, 7) is 0. The van der Waals surface area contributed by atoms with Gasteiger partial charge in [-0.25, -0.2) is 4.98 Å². The minimum Gasteiger partial charge on any atom is -0.317 e. The van der Waals surface area contributed by atoms with E-state index in [-0.39, 0.29) is 0 Å². The maximum atomic E-state index is 5.07. The van der Waals surface area contributed by atoms with E-state index in [2.05, 4.69) is 159 Å². The topological polar surface area (TPSA) is 27.7 Å². The molecular formula is C39H26N4. The van der Waals surface area contributed by atoms with Gasteiger partial charge in [0.1, 0.15) is 5.82 Å². The molecule has 0 N–H and O–H groups in total. The second-order valence-corrected chi connectivity index (χ2v) is 10.9. The molecule has 3 heterocycles. The maximum absolute atomic E-state index is 5.07. The Hall–Kier alpha value is -5.87. The van der Waals surface area contributed by atoms with Crippen LogP contribution < -0.4 is 0 Å². The molecule has 0 aliphatic carbocycles. The third-order valence-corrected chi connectivity index (χ3v) is 8.48. The van der Waals surface area contributed by atoms with Crippen LogP contribution in [0.25, 0.3) is 72.2 Å². The zero-order valence-electron chi connectivity index (χ0n) is 23.3. The molecule has 0 spiro atoms. The Kier molecular flexibility index (Phi) is 5.16. The van der Waals surface area contributed by atoms with Crippen molar-refractivity contribution in [1.82, 2.24) is 18.7 Å². The highest BCUT2D eigenvalue weighted by Crippen LogP contribution is 2.36. The van der Waals surface area contributed by atoms with Crippen LogP contribution in [-0.4, -0.2) is 18.7 Å². The summed E-state index contributed by atoms with van der Waals surface area (Å²) in [5.41, 5.74) is 10.1. The Bertz CT molecular complexity index is 2430. The number of rotatable bonds is 4. The van der Waals surface area contributed by atoms with Gasteiger partial charge >= 0.3 is 0 Å². The lowest BCUT2D eigenvalue weighted by molar-refractivity contribution is 1.10. The van der Waals surface area contributed by atoms with Crippen LogP contribution in [0, 0.1) is 0 Å². The summed E-state index contributed by atoms with van der Waals surface area (Å²) in [5, 5.41) is 3.71. The quantitative estimate of drug-likeness (QED) is 0.214. The first-order valence-electron chi connectivity index (χ1n) is 14.6. The van der Waals surface area contributed by atoms with Gasteiger partial charge in [-0.3, -0.25) is 4.57 Å². The lowest BCUT2D eigenvalue weighted by Crippen LogP contribution is -1.98. The summed E-state index contributed by atoms with van der Waals surface area (Å²) in [6.07, 6.45) is 2.17. The molecule has 0 fully saturated rings. The molecule has 4 heteroatoms. The lowest BCUT2D eigenvalue weighted by Gasteiger charge is -2.12. The lowest BCUT2D eigenvalue weighted by atomic mass is 10.1. The number of nitrogens with zero attached hydrogens (tertiary/aromatic N) is 4. The van der Waals surface area contributed by atoms with Gasteiger partial charge in [-0.05, 0) is 84.9 Å². The molecule has 3 aromatic heterocycles. The van der Waals surface area contributed by atoms with Crippen LogP contribution in [0.2, 0.25) is 0 Å². The van der Waals surface area contributed by atoms with E-state index in [1.165, 1.54) is 32.7 Å². The fourth-order valence-corrected chi connectivity index (χ4v) is 6.51. The third-order valence-electron chi connectivity index (χ3n) is 8.48. The summed E-state index contributed by atoms with van der Waals surface area (Å²) in [6, 6.07) is 53.7. The highest BCUT2D eigenvalue weighted by atomic mass is 15.1. The Balaban J connectivity index is 1.22. The van der Waals surface area contributed by atoms with Crippen LogP contribution in [0.1, 0.15) is 0 Å². The van der Waals surface area contributed by atoms with Crippen LogP contribution >= 0.6 is 0 Å². The average molecular weight is 551 g/mol. The molecule has 9 rings (SSSR count). The number of para-hydroxylation sites is 5. The Morgan fingerprint density at radius 3 is 1.86 bits per heavy atom. The van der Waals surface area contributed by atoms with Crippen LogP contribution in [0.4, 0.5) is 0 Å². The molecule has 43 heavy (non-hydrogen) atoms. The smallest absolute Gasteiger partial charge is 0.145 e. The highest BCUT2D eigenvalue weighted by Gasteiger charge is 2.17. The fourth-order valence-electron chi connectivity index (χ4n) is 6.51. The van der Waals surface area contributed by atoms with E-state index < -0.39 is 0 Å². The Labute approximate surface area is 248 Å². The van der Waals surface area contributed by atoms with E-state index in [4.69, 9.17) is 4.98 Å². The fraction of sp³-hybridized carbons (Fsp3) is 0. The molecule has 9 aromatic rings. The Morgan fingerprint density at radius 2 is 1.07 bits per heavy atom. The molecule has 0 aliphatic rings. The number of imidazole rings is 1. The van der Waals surface area contributed by atoms with Gasteiger partial charge in [-0.15, -0.1) is 0 Å². The van der Waals surface area contributed by atoms with Crippen molar-refractivity contribution >= 4 is 43.7 Å². The zero-order chi connectivity index (χ0) is 28.3. The van der Waals surface area contributed by atoms with Gasteiger partial charge in [0.15, 0.2) is 0 Å². The summed E-state index contributed by atoms with van der Waals surface area (Å²) >= 11 is 0. The van der Waals surface area contributed by atoms with Gasteiger partial charge < -0.3 is 9.13 Å². The first kappa shape index (κ1) is 23.8. The predicted octanol–water partition coefficient (Wildman–Crippen LogP) is 9.73. The van der Waals surface area contributed by atoms with E-state index in [1.54, 1.807) is 0 Å². The van der Waals surface area contributed by atoms with E-state index >= 15 is 0 Å². The van der Waals surface area contributed by atoms with Gasteiger partial charge in [-0.2, -0.15) is 0 Å². The van der Waals surface area contributed by atoms with Gasteiger partial charge in [0.05, 0.1) is 27.6 Å². The molecular weight excluding hydrogens is 524 g/mol. The molecule has 6 aromatic carbocycles. The highest BCUT2D eigenvalue weighted by molar-refractivity contribution is 6.13. The normalized spacial score (nSPS) is 11.7. The summed E-state index contributed by atoms with van der Waals surface area (Å²) < 4.78 is 6.90.